The van der Waals surface area contributed by atoms with Gasteiger partial charge in [0.15, 0.2) is 0 Å². The van der Waals surface area contributed by atoms with Crippen molar-refractivity contribution in [3.63, 3.8) is 0 Å². The van der Waals surface area contributed by atoms with Gasteiger partial charge in [0.1, 0.15) is 11.5 Å². The van der Waals surface area contributed by atoms with Gasteiger partial charge in [0.2, 0.25) is 5.91 Å². The molecule has 0 atom stereocenters. The zero-order chi connectivity index (χ0) is 16.1. The minimum absolute atomic E-state index is 0. The topological polar surface area (TPSA) is 63.2 Å². The number of hydrogen-bond donors (Lipinski definition) is 2. The van der Waals surface area contributed by atoms with Crippen LogP contribution in [0.15, 0.2) is 42.7 Å². The Bertz CT molecular complexity index is 679. The van der Waals surface area contributed by atoms with E-state index in [-0.39, 0.29) is 30.7 Å². The number of hydrogen-bond acceptors (Lipinski definition) is 4. The SMILES string of the molecule is Cc1cc(NC(=O)CNCC2CC2)ccc1Oc1cccnc1.Cl.Cl. The minimum atomic E-state index is -0.0222. The number of anilines is 1. The Hall–Kier alpha value is -1.82. The van der Waals surface area contributed by atoms with Gasteiger partial charge in [-0.2, -0.15) is 0 Å². The number of aryl methyl sites for hydroxylation is 1. The van der Waals surface area contributed by atoms with E-state index in [1.807, 2.05) is 37.3 Å². The lowest BCUT2D eigenvalue weighted by Gasteiger charge is -2.11. The average Bonchev–Trinajstić information content (AvgIpc) is 3.35. The van der Waals surface area contributed by atoms with Crippen LogP contribution in [0, 0.1) is 12.8 Å². The number of benzene rings is 1. The van der Waals surface area contributed by atoms with Gasteiger partial charge in [-0.3, -0.25) is 9.78 Å². The van der Waals surface area contributed by atoms with Gasteiger partial charge in [0.25, 0.3) is 0 Å². The van der Waals surface area contributed by atoms with Crippen molar-refractivity contribution in [2.75, 3.05) is 18.4 Å². The normalized spacial score (nSPS) is 12.5. The molecule has 1 amide bonds. The first-order chi connectivity index (χ1) is 11.2. The Kier molecular flexibility index (Phi) is 8.69. The van der Waals surface area contributed by atoms with Crippen molar-refractivity contribution in [3.8, 4) is 11.5 Å². The molecule has 2 aromatic rings. The molecule has 0 bridgehead atoms. The van der Waals surface area contributed by atoms with Crippen molar-refractivity contribution in [2.24, 2.45) is 5.92 Å². The molecule has 0 aliphatic heterocycles. The highest BCUT2D eigenvalue weighted by Crippen LogP contribution is 2.28. The molecule has 0 spiro atoms. The molecule has 1 aromatic carbocycles. The third-order valence-electron chi connectivity index (χ3n) is 3.74. The van der Waals surface area contributed by atoms with E-state index in [1.54, 1.807) is 12.4 Å². The van der Waals surface area contributed by atoms with E-state index in [4.69, 9.17) is 4.74 Å². The van der Waals surface area contributed by atoms with E-state index >= 15 is 0 Å². The van der Waals surface area contributed by atoms with Crippen molar-refractivity contribution in [2.45, 2.75) is 19.8 Å². The maximum atomic E-state index is 11.9. The molecule has 1 saturated carbocycles. The highest BCUT2D eigenvalue weighted by Gasteiger charge is 2.20. The molecular weight excluding hydrogens is 361 g/mol. The molecule has 0 radical (unpaired) electrons. The number of carbonyl (C=O) groups is 1. The van der Waals surface area contributed by atoms with Crippen LogP contribution < -0.4 is 15.4 Å². The maximum absolute atomic E-state index is 11.9. The van der Waals surface area contributed by atoms with E-state index in [2.05, 4.69) is 15.6 Å². The van der Waals surface area contributed by atoms with Gasteiger partial charge in [-0.15, -0.1) is 24.8 Å². The standard InChI is InChI=1S/C18H21N3O2.2ClH/c1-13-9-15(21-18(22)12-20-10-14-4-5-14)6-7-17(13)23-16-3-2-8-19-11-16;;/h2-3,6-9,11,14,20H,4-5,10,12H2,1H3,(H,21,22);2*1H. The third kappa shape index (κ3) is 6.90. The minimum Gasteiger partial charge on any atom is -0.455 e. The highest BCUT2D eigenvalue weighted by atomic mass is 35.5. The number of carbonyl (C=O) groups excluding carboxylic acids is 1. The summed E-state index contributed by atoms with van der Waals surface area (Å²) in [6.07, 6.45) is 5.94. The molecule has 0 saturated heterocycles. The molecular formula is C18H23Cl2N3O2. The second-order valence-electron chi connectivity index (χ2n) is 5.89. The van der Waals surface area contributed by atoms with Crippen molar-refractivity contribution >= 4 is 36.4 Å². The van der Waals surface area contributed by atoms with E-state index < -0.39 is 0 Å². The summed E-state index contributed by atoms with van der Waals surface area (Å²) in [5.41, 5.74) is 1.73. The Morgan fingerprint density at radius 1 is 1.28 bits per heavy atom. The number of aromatic nitrogens is 1. The average molecular weight is 384 g/mol. The van der Waals surface area contributed by atoms with Crippen LogP contribution in [0.3, 0.4) is 0 Å². The number of pyridine rings is 1. The van der Waals surface area contributed by atoms with Gasteiger partial charge in [-0.25, -0.2) is 0 Å². The van der Waals surface area contributed by atoms with Crippen LogP contribution in [0.1, 0.15) is 18.4 Å². The molecule has 5 nitrogen and oxygen atoms in total. The molecule has 1 aliphatic carbocycles. The van der Waals surface area contributed by atoms with E-state index in [0.717, 1.165) is 29.5 Å². The summed E-state index contributed by atoms with van der Waals surface area (Å²) in [5.74, 6) is 2.19. The summed E-state index contributed by atoms with van der Waals surface area (Å²) < 4.78 is 5.78. The second-order valence-corrected chi connectivity index (χ2v) is 5.89. The number of ether oxygens (including phenoxy) is 1. The highest BCUT2D eigenvalue weighted by molar-refractivity contribution is 5.92. The molecule has 2 N–H and O–H groups in total. The van der Waals surface area contributed by atoms with Gasteiger partial charge in [0.05, 0.1) is 12.7 Å². The first-order valence-corrected chi connectivity index (χ1v) is 7.90. The molecule has 7 heteroatoms. The first-order valence-electron chi connectivity index (χ1n) is 7.90. The van der Waals surface area contributed by atoms with Crippen molar-refractivity contribution in [3.05, 3.63) is 48.3 Å². The second kappa shape index (κ2) is 10.2. The zero-order valence-corrected chi connectivity index (χ0v) is 15.7. The van der Waals surface area contributed by atoms with Gasteiger partial charge < -0.3 is 15.4 Å². The number of halogens is 2. The summed E-state index contributed by atoms with van der Waals surface area (Å²) in [6, 6.07) is 9.29. The molecule has 1 aromatic heterocycles. The van der Waals surface area contributed by atoms with Gasteiger partial charge in [-0.05, 0) is 68.1 Å². The predicted octanol–water partition coefficient (Wildman–Crippen LogP) is 3.96. The van der Waals surface area contributed by atoms with Crippen LogP contribution in [0.5, 0.6) is 11.5 Å². The Balaban J connectivity index is 0.00000156. The first kappa shape index (κ1) is 21.2. The van der Waals surface area contributed by atoms with Crippen LogP contribution in [-0.4, -0.2) is 24.0 Å². The summed E-state index contributed by atoms with van der Waals surface area (Å²) >= 11 is 0. The quantitative estimate of drug-likeness (QED) is 0.759. The van der Waals surface area contributed by atoms with Gasteiger partial charge in [0, 0.05) is 11.9 Å². The summed E-state index contributed by atoms with van der Waals surface area (Å²) in [7, 11) is 0. The number of nitrogens with one attached hydrogen (secondary N) is 2. The van der Waals surface area contributed by atoms with Gasteiger partial charge >= 0.3 is 0 Å². The van der Waals surface area contributed by atoms with E-state index in [9.17, 15) is 4.79 Å². The van der Waals surface area contributed by atoms with Crippen LogP contribution in [-0.2, 0) is 4.79 Å². The maximum Gasteiger partial charge on any atom is 0.238 e. The van der Waals surface area contributed by atoms with Crippen LogP contribution in [0.4, 0.5) is 5.69 Å². The lowest BCUT2D eigenvalue weighted by atomic mass is 10.2. The number of rotatable bonds is 7. The summed E-state index contributed by atoms with van der Waals surface area (Å²) in [4.78, 5) is 15.9. The monoisotopic (exact) mass is 383 g/mol. The number of amides is 1. The van der Waals surface area contributed by atoms with Crippen LogP contribution in [0.25, 0.3) is 0 Å². The van der Waals surface area contributed by atoms with Crippen molar-refractivity contribution in [1.29, 1.82) is 0 Å². The van der Waals surface area contributed by atoms with Crippen molar-refractivity contribution in [1.82, 2.24) is 10.3 Å². The smallest absolute Gasteiger partial charge is 0.238 e. The summed E-state index contributed by atoms with van der Waals surface area (Å²) in [6.45, 7) is 3.24. The van der Waals surface area contributed by atoms with Crippen LogP contribution in [0.2, 0.25) is 0 Å². The van der Waals surface area contributed by atoms with Crippen molar-refractivity contribution < 1.29 is 9.53 Å². The fourth-order valence-corrected chi connectivity index (χ4v) is 2.29. The molecule has 1 aliphatic rings. The molecule has 1 fully saturated rings. The molecule has 1 heterocycles. The predicted molar refractivity (Wildman–Crippen MR) is 104 cm³/mol. The largest absolute Gasteiger partial charge is 0.455 e. The lowest BCUT2D eigenvalue weighted by molar-refractivity contribution is -0.115. The fraction of sp³-hybridized carbons (Fsp3) is 0.333. The third-order valence-corrected chi connectivity index (χ3v) is 3.74. The van der Waals surface area contributed by atoms with E-state index in [0.29, 0.717) is 12.3 Å². The van der Waals surface area contributed by atoms with Gasteiger partial charge in [-0.1, -0.05) is 0 Å². The summed E-state index contributed by atoms with van der Waals surface area (Å²) in [5, 5.41) is 6.08. The Labute approximate surface area is 160 Å². The Morgan fingerprint density at radius 2 is 2.08 bits per heavy atom. The molecule has 25 heavy (non-hydrogen) atoms. The van der Waals surface area contributed by atoms with Crippen LogP contribution >= 0.6 is 24.8 Å². The zero-order valence-electron chi connectivity index (χ0n) is 14.0. The molecule has 0 unspecified atom stereocenters. The Morgan fingerprint density at radius 3 is 2.72 bits per heavy atom. The molecule has 136 valence electrons. The fourth-order valence-electron chi connectivity index (χ4n) is 2.29. The van der Waals surface area contributed by atoms with E-state index in [1.165, 1.54) is 12.8 Å². The lowest BCUT2D eigenvalue weighted by Crippen LogP contribution is -2.29. The molecule has 3 rings (SSSR count). The number of nitrogens with zero attached hydrogens (tertiary/aromatic N) is 1.